The van der Waals surface area contributed by atoms with Gasteiger partial charge in [0.05, 0.1) is 65.6 Å². The number of carbonyl (C=O) groups excluding carboxylic acids is 6. The maximum atomic E-state index is 11.4. The molecule has 3 rings (SSSR count). The SMILES string of the molecule is CC(C)(C)OC(=O)CBr.CC(C)(C)OC(=O)COCCCOCCO.CC(C)(C)OC(=O)COCCCOCCOCc1ccccc1.CCCOCCCOCC(=O)OC(C)(C)C.CCCOCCCOCC(C)=O.Cc1ccc(S(=O)(=O)Cl)cc1.O=CC(F)(F)F.OCCCOCCOCc1ccccc1.[2H][B].[B]C.[B]F. The van der Waals surface area contributed by atoms with Gasteiger partial charge in [-0.05, 0) is 166 Å². The van der Waals surface area contributed by atoms with Gasteiger partial charge in [0.25, 0.3) is 9.05 Å². The van der Waals surface area contributed by atoms with Gasteiger partial charge in [0.15, 0.2) is 5.78 Å². The number of rotatable bonds is 45. The number of halogens is 6. The second kappa shape index (κ2) is 83.5. The number of aldehydes is 1. The first-order valence-corrected chi connectivity index (χ1v) is 39.9. The summed E-state index contributed by atoms with van der Waals surface area (Å²) in [6.07, 6.45) is 0.180. The minimum absolute atomic E-state index is 0.0164. The van der Waals surface area contributed by atoms with Crippen molar-refractivity contribution in [1.82, 2.24) is 0 Å². The molecule has 0 amide bonds. The molecule has 0 aliphatic carbocycles. The predicted molar refractivity (Wildman–Crippen MR) is 437 cm³/mol. The molecule has 25 nitrogen and oxygen atoms in total. The molecule has 0 aliphatic rings. The van der Waals surface area contributed by atoms with Gasteiger partial charge >= 0.3 is 38.2 Å². The second-order valence-electron chi connectivity index (χ2n) is 26.7. The Morgan fingerprint density at radius 2 is 0.726 bits per heavy atom. The van der Waals surface area contributed by atoms with Crippen molar-refractivity contribution in [2.24, 2.45) is 0 Å². The van der Waals surface area contributed by atoms with Gasteiger partial charge in [-0.2, -0.15) is 13.2 Å². The van der Waals surface area contributed by atoms with Crippen LogP contribution in [0, 0.1) is 6.92 Å². The predicted octanol–water partition coefficient (Wildman–Crippen LogP) is 12.9. The normalized spacial score (nSPS) is 10.8. The Morgan fingerprint density at radius 1 is 0.451 bits per heavy atom. The van der Waals surface area contributed by atoms with Gasteiger partial charge in [0.1, 0.15) is 54.2 Å². The fraction of sp³-hybridized carbons (Fsp3) is 0.692. The van der Waals surface area contributed by atoms with Crippen LogP contribution in [0.1, 0.15) is 165 Å². The summed E-state index contributed by atoms with van der Waals surface area (Å²) >= 11 is 2.99. The molecule has 0 unspecified atom stereocenters. The molecule has 0 saturated heterocycles. The topological polar surface area (TPSA) is 315 Å². The van der Waals surface area contributed by atoms with Crippen molar-refractivity contribution >= 4 is 96.0 Å². The largest absolute Gasteiger partial charge is 0.459 e. The Balaban J connectivity index is -0.000000190. The molecule has 0 saturated carbocycles. The minimum Gasteiger partial charge on any atom is -0.459 e. The summed E-state index contributed by atoms with van der Waals surface area (Å²) in [6, 6.07) is 26.5. The summed E-state index contributed by atoms with van der Waals surface area (Å²) in [5, 5.41) is 17.2. The lowest BCUT2D eigenvalue weighted by atomic mass is 10.2. The van der Waals surface area contributed by atoms with Crippen molar-refractivity contribution in [2.45, 2.75) is 209 Å². The van der Waals surface area contributed by atoms with E-state index in [4.69, 9.17) is 102 Å². The monoisotopic (exact) mass is 1730 g/mol. The van der Waals surface area contributed by atoms with E-state index in [1.165, 1.54) is 31.4 Å². The highest BCUT2D eigenvalue weighted by atomic mass is 79.9. The van der Waals surface area contributed by atoms with E-state index in [-0.39, 0.29) is 85.1 Å². The van der Waals surface area contributed by atoms with E-state index < -0.39 is 38.3 Å². The number of alkyl halides is 4. The molecule has 0 heterocycles. The average Bonchev–Trinajstić information content (AvgIpc) is 0.864. The quantitative estimate of drug-likeness (QED) is 0.00776. The fourth-order valence-corrected chi connectivity index (χ4v) is 7.60. The van der Waals surface area contributed by atoms with Gasteiger partial charge in [-0.15, -0.1) is 0 Å². The lowest BCUT2D eigenvalue weighted by molar-refractivity contribution is -0.161. The molecule has 0 aliphatic heterocycles. The molecule has 3 aromatic carbocycles. The minimum atomic E-state index is -4.64. The van der Waals surface area contributed by atoms with Crippen LogP contribution < -0.4 is 0 Å². The van der Waals surface area contributed by atoms with Crippen LogP contribution in [0.3, 0.4) is 0 Å². The number of benzene rings is 3. The summed E-state index contributed by atoms with van der Waals surface area (Å²) < 4.78 is 145. The van der Waals surface area contributed by atoms with E-state index in [1.54, 1.807) is 12.1 Å². The van der Waals surface area contributed by atoms with E-state index in [0.717, 1.165) is 63.1 Å². The number of Topliss-reactive ketones (excluding diaryl/α,β-unsaturated/α-hetero) is 1. The van der Waals surface area contributed by atoms with Crippen LogP contribution >= 0.6 is 26.6 Å². The third-order valence-electron chi connectivity index (χ3n) is 10.8. The van der Waals surface area contributed by atoms with Crippen molar-refractivity contribution in [3.63, 3.8) is 0 Å². The summed E-state index contributed by atoms with van der Waals surface area (Å²) in [5.41, 5.74) is 1.61. The highest BCUT2D eigenvalue weighted by Crippen LogP contribution is 2.15. The standard InChI is InChI=1S/C18H28O5.C12H24O4.C12H18O3.C11H22O5.C9H18O3.C7H7ClO2S.C6H11BrO2.C2HF3O.CH3B.BF.BH/c1-18(2,3)23-17(19)15-21-11-7-10-20-12-13-22-14-16-8-5-4-6-9-16;1-5-7-14-8-6-9-15-10-11(13)16-12(2,3)4;13-7-4-8-14-9-10-15-11-12-5-2-1-3-6-12;1-11(2,3)16-10(13)9-15-7-4-6-14-8-5-12;1-3-5-11-6-4-7-12-8-9(2)10;1-6-2-4-7(5-3-6)11(8,9)10;1-6(2,3)9-5(8)4-7;3-2(4,5)1-6;2*1-2;/h4-6,8-9H,7,10-15H2,1-3H3;5-10H2,1-4H3;1-3,5-6,13H,4,7-11H2;12H,4-9H2,1-3H3;3-8H2,1-2H3;2-5H,1H3;4H2,1-3H3;1H;1H3;;1H/i;;;;;;;;;;1D. The van der Waals surface area contributed by atoms with Crippen LogP contribution in [0.2, 0.25) is 6.82 Å². The number of ketones is 1. The second-order valence-corrected chi connectivity index (χ2v) is 29.8. The zero-order valence-electron chi connectivity index (χ0n) is 71.0. The van der Waals surface area contributed by atoms with Gasteiger partial charge in [-0.3, -0.25) is 14.4 Å². The number of esters is 4. The van der Waals surface area contributed by atoms with E-state index in [0.29, 0.717) is 112 Å². The fourth-order valence-electron chi connectivity index (χ4n) is 6.71. The first-order valence-electron chi connectivity index (χ1n) is 37.1. The molecular formula is C78H133B3BrClF4O25S. The maximum absolute atomic E-state index is 11.4. The van der Waals surface area contributed by atoms with Crippen molar-refractivity contribution in [1.29, 1.82) is 1.34 Å². The summed E-state index contributed by atoms with van der Waals surface area (Å²) in [6.45, 7) is 42.1. The maximum Gasteiger partial charge on any atom is 0.446 e. The zero-order chi connectivity index (χ0) is 89.0. The van der Waals surface area contributed by atoms with Gasteiger partial charge in [-0.1, -0.05) is 115 Å². The van der Waals surface area contributed by atoms with Gasteiger partial charge in [-0.25, -0.2) is 22.8 Å². The number of hydrogen-bond acceptors (Lipinski definition) is 25. The third-order valence-corrected chi connectivity index (χ3v) is 12.7. The molecule has 113 heavy (non-hydrogen) atoms. The Kier molecular flexibility index (Phi) is 89.5. The summed E-state index contributed by atoms with van der Waals surface area (Å²) in [7, 11) is 12.8. The Labute approximate surface area is 691 Å². The number of hydrogen-bond donors (Lipinski definition) is 2. The molecule has 6 radical (unpaired) electrons. The molecule has 0 spiro atoms. The van der Waals surface area contributed by atoms with Crippen molar-refractivity contribution in [3.8, 4) is 0 Å². The van der Waals surface area contributed by atoms with Crippen LogP contribution in [0.5, 0.6) is 0 Å². The van der Waals surface area contributed by atoms with Crippen LogP contribution in [-0.4, -0.2) is 260 Å². The number of aliphatic hydroxyl groups excluding tert-OH is 2. The molecule has 2 N–H and O–H groups in total. The van der Waals surface area contributed by atoms with Gasteiger partial charge in [0.2, 0.25) is 6.29 Å². The van der Waals surface area contributed by atoms with Crippen LogP contribution in [0.15, 0.2) is 89.8 Å². The molecule has 35 heteroatoms. The van der Waals surface area contributed by atoms with E-state index in [1.807, 2.05) is 151 Å². The number of carbonyl (C=O) groups is 6. The van der Waals surface area contributed by atoms with Crippen molar-refractivity contribution in [3.05, 3.63) is 102 Å². The molecule has 0 fully saturated rings. The van der Waals surface area contributed by atoms with Crippen LogP contribution in [-0.2, 0) is 122 Å². The average molecular weight is 1730 g/mol. The summed E-state index contributed by atoms with van der Waals surface area (Å²) in [4.78, 5) is 63.6. The Bertz CT molecular complexity index is 2700. The van der Waals surface area contributed by atoms with Crippen LogP contribution in [0.4, 0.5) is 17.5 Å². The Morgan fingerprint density at radius 3 is 0.982 bits per heavy atom. The van der Waals surface area contributed by atoms with E-state index in [9.17, 15) is 45.6 Å². The number of aryl methyl sites for hydroxylation is 1. The lowest BCUT2D eigenvalue weighted by Gasteiger charge is -2.19. The summed E-state index contributed by atoms with van der Waals surface area (Å²) in [5.74, 6) is -1.16. The molecule has 0 aromatic heterocycles. The Hall–Kier alpha value is -5.01. The van der Waals surface area contributed by atoms with Crippen molar-refractivity contribution in [2.75, 3.05) is 151 Å². The van der Waals surface area contributed by atoms with Crippen LogP contribution in [0.25, 0.3) is 0 Å². The molecule has 0 bridgehead atoms. The van der Waals surface area contributed by atoms with E-state index >= 15 is 0 Å². The zero-order valence-corrected chi connectivity index (χ0v) is 73.1. The van der Waals surface area contributed by atoms with Gasteiger partial charge in [0, 0.05) is 98.3 Å². The first kappa shape index (κ1) is 121. The third kappa shape index (κ3) is 116. The molecule has 0 atom stereocenters. The molecule has 652 valence electrons. The van der Waals surface area contributed by atoms with E-state index in [2.05, 4.69) is 54.1 Å². The highest BCUT2D eigenvalue weighted by molar-refractivity contribution is 9.09. The van der Waals surface area contributed by atoms with Crippen molar-refractivity contribution < 1.29 is 136 Å². The smallest absolute Gasteiger partial charge is 0.446 e. The highest BCUT2D eigenvalue weighted by Gasteiger charge is 2.25. The first-order chi connectivity index (χ1) is 53.6. The number of ether oxygens (including phenoxy) is 15. The molecular weight excluding hydrogens is 1590 g/mol. The lowest BCUT2D eigenvalue weighted by Crippen LogP contribution is -2.26. The molecule has 3 aromatic rings. The van der Waals surface area contributed by atoms with Gasteiger partial charge < -0.3 is 85.6 Å². The number of aliphatic hydroxyl groups is 2.